The van der Waals surface area contributed by atoms with Crippen LogP contribution in [-0.2, 0) is 7.05 Å². The zero-order chi connectivity index (χ0) is 76.9. The Morgan fingerprint density at radius 2 is 0.958 bits per heavy atom. The quantitative estimate of drug-likeness (QED) is 0.0944. The number of H-pyrrole nitrogens is 5. The molecule has 0 saturated heterocycles. The van der Waals surface area contributed by atoms with Gasteiger partial charge in [0, 0.05) is 119 Å². The van der Waals surface area contributed by atoms with E-state index in [1.165, 1.54) is 50.6 Å². The lowest BCUT2D eigenvalue weighted by atomic mass is 10.4. The fraction of sp³-hybridized carbons (Fsp3) is 0.500. The molecule has 0 aliphatic carbocycles. The van der Waals surface area contributed by atoms with E-state index < -0.39 is 0 Å². The lowest BCUT2D eigenvalue weighted by Gasteiger charge is -1.77. The Kier molecular flexibility index (Phi) is 133. The van der Waals surface area contributed by atoms with Crippen molar-refractivity contribution in [3.05, 3.63) is 214 Å². The van der Waals surface area contributed by atoms with Crippen LogP contribution in [0.25, 0.3) is 0 Å². The lowest BCUT2D eigenvalue weighted by molar-refractivity contribution is 0.397. The Hall–Kier alpha value is -8.22. The van der Waals surface area contributed by atoms with E-state index in [-0.39, 0.29) is 0 Å². The summed E-state index contributed by atoms with van der Waals surface area (Å²) in [5, 5.41) is 37.5. The van der Waals surface area contributed by atoms with Crippen molar-refractivity contribution in [2.24, 2.45) is 7.05 Å². The molecule has 0 aliphatic heterocycles. The first-order valence-electron chi connectivity index (χ1n) is 33.6. The van der Waals surface area contributed by atoms with Gasteiger partial charge >= 0.3 is 0 Å². The number of nitrogens with zero attached hydrogens (tertiary/aromatic N) is 13. The van der Waals surface area contributed by atoms with Crippen LogP contribution < -0.4 is 0 Å². The average Bonchev–Trinajstić information content (AvgIpc) is 4.46. The van der Waals surface area contributed by atoms with Gasteiger partial charge in [-0.15, -0.1) is 0 Å². The van der Waals surface area contributed by atoms with Crippen molar-refractivity contribution < 1.29 is 13.6 Å². The molecule has 0 radical (unpaired) electrons. The summed E-state index contributed by atoms with van der Waals surface area (Å²) < 4.78 is 26.9. The predicted molar refractivity (Wildman–Crippen MR) is 420 cm³/mol. The summed E-state index contributed by atoms with van der Waals surface area (Å²) >= 11 is 4.51. The molecule has 0 atom stereocenters. The normalized spacial score (nSPS) is 7.38. The third kappa shape index (κ3) is 107. The summed E-state index contributed by atoms with van der Waals surface area (Å²) in [7, 11) is 1.89. The van der Waals surface area contributed by atoms with Crippen LogP contribution in [0.15, 0.2) is 166 Å². The summed E-state index contributed by atoms with van der Waals surface area (Å²) in [6.45, 7) is 69.6. The Morgan fingerprint density at radius 3 is 1.06 bits per heavy atom. The average molecular weight is 1400 g/mol. The molecule has 0 aliphatic rings. The smallest absolute Gasteiger partial charge is 0.133 e. The number of hydrogen-bond acceptors (Lipinski definition) is 18. The molecule has 12 heterocycles. The first-order chi connectivity index (χ1) is 46.7. The minimum atomic E-state index is 0.856. The van der Waals surface area contributed by atoms with Gasteiger partial charge in [-0.3, -0.25) is 20.0 Å². The molecule has 21 nitrogen and oxygen atoms in total. The van der Waals surface area contributed by atoms with Gasteiger partial charge in [0.1, 0.15) is 18.3 Å². The molecule has 96 heavy (non-hydrogen) atoms. The largest absolute Gasteiger partial charge is 0.365 e. The van der Waals surface area contributed by atoms with Crippen molar-refractivity contribution in [3.8, 4) is 0 Å². The molecule has 0 fully saturated rings. The van der Waals surface area contributed by atoms with Crippen LogP contribution in [0, 0.1) is 76.2 Å². The van der Waals surface area contributed by atoms with E-state index in [2.05, 4.69) is 97.8 Å². The summed E-state index contributed by atoms with van der Waals surface area (Å²) in [6, 6.07) is 13.3. The Bertz CT molecular complexity index is 2040. The molecule has 12 aromatic rings. The van der Waals surface area contributed by atoms with Gasteiger partial charge in [0.05, 0.1) is 42.6 Å². The van der Waals surface area contributed by atoms with Crippen molar-refractivity contribution in [3.63, 3.8) is 0 Å². The second kappa shape index (κ2) is 111. The first-order valence-corrected chi connectivity index (χ1v) is 36.1. The Labute approximate surface area is 597 Å². The van der Waals surface area contributed by atoms with Gasteiger partial charge in [-0.05, 0) is 152 Å². The van der Waals surface area contributed by atoms with Crippen molar-refractivity contribution >= 4 is 34.6 Å². The molecule has 5 N–H and O–H groups in total. The van der Waals surface area contributed by atoms with Gasteiger partial charge < -0.3 is 23.5 Å². The van der Waals surface area contributed by atoms with E-state index in [0.29, 0.717) is 0 Å². The molecule has 0 spiro atoms. The van der Waals surface area contributed by atoms with E-state index in [1.54, 1.807) is 97.8 Å². The molecule has 0 bridgehead atoms. The monoisotopic (exact) mass is 1400 g/mol. The molecular formula is C72H138N18O3S3. The summed E-state index contributed by atoms with van der Waals surface area (Å²) in [6.07, 6.45) is 27.7. The third-order valence-electron chi connectivity index (χ3n) is 7.20. The van der Waals surface area contributed by atoms with Crippen LogP contribution in [-0.4, -0.2) is 88.9 Å². The maximum absolute atomic E-state index is 4.58. The Balaban J connectivity index is -0.0000000779. The molecular weight excluding hydrogens is 1260 g/mol. The van der Waals surface area contributed by atoms with E-state index in [1.807, 2.05) is 309 Å². The van der Waals surface area contributed by atoms with Gasteiger partial charge in [-0.25, -0.2) is 18.7 Å². The molecule has 0 amide bonds. The number of rotatable bonds is 0. The Morgan fingerprint density at radius 1 is 0.438 bits per heavy atom. The second-order valence-electron chi connectivity index (χ2n) is 14.3. The van der Waals surface area contributed by atoms with E-state index in [0.717, 1.165) is 45.5 Å². The zero-order valence-corrected chi connectivity index (χ0v) is 69.1. The van der Waals surface area contributed by atoms with E-state index in [9.17, 15) is 0 Å². The first kappa shape index (κ1) is 115. The third-order valence-corrected chi connectivity index (χ3v) is 9.21. The fourth-order valence-corrected chi connectivity index (χ4v) is 5.05. The molecule has 12 aromatic heterocycles. The maximum Gasteiger partial charge on any atom is 0.133 e. The van der Waals surface area contributed by atoms with Gasteiger partial charge in [-0.1, -0.05) is 182 Å². The minimum absolute atomic E-state index is 0.856. The maximum atomic E-state index is 4.58. The van der Waals surface area contributed by atoms with Crippen molar-refractivity contribution in [2.75, 3.05) is 0 Å². The molecule has 0 unspecified atom stereocenters. The highest BCUT2D eigenvalue weighted by Gasteiger charge is 1.82. The summed E-state index contributed by atoms with van der Waals surface area (Å²) in [4.78, 5) is 14.6. The number of imidazole rings is 2. The van der Waals surface area contributed by atoms with Crippen molar-refractivity contribution in [1.82, 2.24) is 88.9 Å². The van der Waals surface area contributed by atoms with E-state index >= 15 is 0 Å². The topological polar surface area (TPSA) is 278 Å². The van der Waals surface area contributed by atoms with Gasteiger partial charge in [0.2, 0.25) is 0 Å². The predicted octanol–water partition coefficient (Wildman–Crippen LogP) is 23.6. The second-order valence-corrected chi connectivity index (χ2v) is 16.7. The van der Waals surface area contributed by atoms with E-state index in [4.69, 9.17) is 0 Å². The van der Waals surface area contributed by atoms with Crippen molar-refractivity contribution in [2.45, 2.75) is 242 Å². The fourth-order valence-electron chi connectivity index (χ4n) is 3.58. The van der Waals surface area contributed by atoms with Crippen LogP contribution in [0.1, 0.15) is 228 Å². The number of aromatic nitrogens is 18. The van der Waals surface area contributed by atoms with Crippen LogP contribution in [0.3, 0.4) is 0 Å². The minimum Gasteiger partial charge on any atom is -0.365 e. The molecule has 0 saturated carbocycles. The zero-order valence-electron chi connectivity index (χ0n) is 66.7. The number of hydrogen-bond donors (Lipinski definition) is 5. The summed E-state index contributed by atoms with van der Waals surface area (Å²) in [5.74, 6) is 0.856. The van der Waals surface area contributed by atoms with Crippen LogP contribution in [0.5, 0.6) is 0 Å². The number of nitrogens with one attached hydrogen (secondary N) is 5. The molecule has 552 valence electrons. The summed E-state index contributed by atoms with van der Waals surface area (Å²) in [5.41, 5.74) is 9.95. The highest BCUT2D eigenvalue weighted by molar-refractivity contribution is 7.05. The van der Waals surface area contributed by atoms with Crippen LogP contribution in [0.4, 0.5) is 0 Å². The van der Waals surface area contributed by atoms with Gasteiger partial charge in [-0.2, -0.15) is 24.8 Å². The van der Waals surface area contributed by atoms with Crippen LogP contribution in [0.2, 0.25) is 0 Å². The van der Waals surface area contributed by atoms with Gasteiger partial charge in [0.25, 0.3) is 0 Å². The standard InChI is InChI=1S/6C4H6N2.3C4H5NO.3C4H5NS.12C2H6/c2*1-4-2-5-3-6-4;1-4-2-5-6-3-4;1-6-4-2-3-5-6;2*1-4-2-3-5-6-4;1-4-2-5-6-3-4;1-4-2-3-6-5-4;1-4-2-3-5-6-4;1-4-2-5-6-3-4;1-4-2-3-6-5-4;1-4-2-3-5-6-4;12*1-2/h3*2-3H,1H3,(H,5,6);2-4H,1H3;2*2-3H,1H3,(H,5,6);6*2-3H,1H3;12*1-2H3. The molecule has 12 rings (SSSR count). The highest BCUT2D eigenvalue weighted by Crippen LogP contribution is 1.99. The molecule has 24 heteroatoms. The van der Waals surface area contributed by atoms with Gasteiger partial charge in [0.15, 0.2) is 0 Å². The lowest BCUT2D eigenvalue weighted by Crippen LogP contribution is -1.83. The number of aryl methyl sites for hydroxylation is 12. The highest BCUT2D eigenvalue weighted by atomic mass is 32.1. The molecule has 0 aromatic carbocycles. The SMILES string of the molecule is CC.CC.CC.CC.CC.CC.CC.CC.CC.CC.CC.CC.Cc1ccn[nH]1.Cc1ccn[nH]1.Cc1ccno1.Cc1ccns1.Cc1ccon1.Cc1ccsn1.Cc1cn[nH]c1.Cc1cnc[nH]1.Cc1cnc[nH]1.Cc1cnoc1.Cc1cnsc1.Cn1cccn1. The van der Waals surface area contributed by atoms with Crippen molar-refractivity contribution in [1.29, 1.82) is 0 Å². The number of aromatic amines is 5. The van der Waals surface area contributed by atoms with Crippen LogP contribution >= 0.6 is 34.6 Å².